The van der Waals surface area contributed by atoms with Gasteiger partial charge in [-0.2, -0.15) is 13.2 Å². The van der Waals surface area contributed by atoms with Crippen molar-refractivity contribution in [3.63, 3.8) is 0 Å². The lowest BCUT2D eigenvalue weighted by Crippen LogP contribution is -2.47. The number of hydrogen-bond acceptors (Lipinski definition) is 2. The van der Waals surface area contributed by atoms with E-state index in [4.69, 9.17) is 4.52 Å². The molecule has 1 aromatic heterocycles. The molecule has 1 atom stereocenters. The van der Waals surface area contributed by atoms with Crippen molar-refractivity contribution >= 4 is 0 Å². The van der Waals surface area contributed by atoms with Gasteiger partial charge in [0.15, 0.2) is 5.76 Å². The van der Waals surface area contributed by atoms with Crippen molar-refractivity contribution in [3.8, 4) is 0 Å². The van der Waals surface area contributed by atoms with Crippen LogP contribution in [0.2, 0.25) is 0 Å². The number of aromatic nitrogens is 1. The van der Waals surface area contributed by atoms with Gasteiger partial charge in [0.2, 0.25) is 0 Å². The Balaban J connectivity index is 2.30. The van der Waals surface area contributed by atoms with Gasteiger partial charge in [-0.3, -0.25) is 0 Å². The topological polar surface area (TPSA) is 26.0 Å². The van der Waals surface area contributed by atoms with Crippen molar-refractivity contribution in [1.82, 2.24) is 5.16 Å². The molecule has 0 saturated heterocycles. The minimum absolute atomic E-state index is 0.00782. The maximum absolute atomic E-state index is 13.0. The Kier molecular flexibility index (Phi) is 2.96. The Labute approximate surface area is 98.2 Å². The molecule has 96 valence electrons. The van der Waals surface area contributed by atoms with E-state index in [0.29, 0.717) is 12.1 Å². The Morgan fingerprint density at radius 1 is 1.47 bits per heavy atom. The molecule has 0 amide bonds. The second-order valence-electron chi connectivity index (χ2n) is 4.86. The van der Waals surface area contributed by atoms with Crippen LogP contribution in [0.1, 0.15) is 56.9 Å². The summed E-state index contributed by atoms with van der Waals surface area (Å²) in [7, 11) is 0. The molecule has 5 heteroatoms. The third kappa shape index (κ3) is 1.85. The first-order valence-electron chi connectivity index (χ1n) is 5.94. The quantitative estimate of drug-likeness (QED) is 0.801. The first-order valence-corrected chi connectivity index (χ1v) is 5.94. The van der Waals surface area contributed by atoms with E-state index >= 15 is 0 Å². The highest BCUT2D eigenvalue weighted by Crippen LogP contribution is 2.54. The fourth-order valence-corrected chi connectivity index (χ4v) is 2.16. The molecule has 2 rings (SSSR count). The molecule has 0 aromatic carbocycles. The molecule has 0 radical (unpaired) electrons. The van der Waals surface area contributed by atoms with Crippen LogP contribution < -0.4 is 0 Å². The normalized spacial score (nSPS) is 21.0. The number of nitrogens with zero attached hydrogens (tertiary/aromatic N) is 1. The van der Waals surface area contributed by atoms with Gasteiger partial charge in [0, 0.05) is 12.0 Å². The first kappa shape index (κ1) is 12.5. The van der Waals surface area contributed by atoms with Crippen molar-refractivity contribution < 1.29 is 17.7 Å². The summed E-state index contributed by atoms with van der Waals surface area (Å²) in [6.07, 6.45) is -2.57. The summed E-state index contributed by atoms with van der Waals surface area (Å²) in [5, 5.41) is 3.77. The lowest BCUT2D eigenvalue weighted by Gasteiger charge is -2.40. The molecule has 1 aliphatic carbocycles. The zero-order valence-electron chi connectivity index (χ0n) is 9.97. The number of halogens is 3. The maximum atomic E-state index is 13.0. The van der Waals surface area contributed by atoms with Crippen LogP contribution in [0.4, 0.5) is 13.2 Å². The van der Waals surface area contributed by atoms with E-state index in [0.717, 1.165) is 6.42 Å². The molecule has 1 heterocycles. The van der Waals surface area contributed by atoms with Crippen LogP contribution in [0, 0.1) is 0 Å². The van der Waals surface area contributed by atoms with E-state index in [-0.39, 0.29) is 24.5 Å². The first-order chi connectivity index (χ1) is 7.90. The molecule has 1 unspecified atom stereocenters. The van der Waals surface area contributed by atoms with Gasteiger partial charge in [-0.15, -0.1) is 0 Å². The molecule has 17 heavy (non-hydrogen) atoms. The molecule has 0 spiro atoms. The fraction of sp³-hybridized carbons (Fsp3) is 0.750. The van der Waals surface area contributed by atoms with Crippen LogP contribution in [0.25, 0.3) is 0 Å². The highest BCUT2D eigenvalue weighted by Gasteiger charge is 2.61. The summed E-state index contributed by atoms with van der Waals surface area (Å²) in [6, 6.07) is 1.49. The van der Waals surface area contributed by atoms with E-state index in [1.165, 1.54) is 6.07 Å². The molecular formula is C12H16F3NO. The van der Waals surface area contributed by atoms with Gasteiger partial charge >= 0.3 is 6.18 Å². The average molecular weight is 247 g/mol. The van der Waals surface area contributed by atoms with Crippen LogP contribution in [0.5, 0.6) is 0 Å². The molecule has 0 aliphatic heterocycles. The largest absolute Gasteiger partial charge is 0.401 e. The van der Waals surface area contributed by atoms with Gasteiger partial charge in [-0.25, -0.2) is 0 Å². The summed E-state index contributed by atoms with van der Waals surface area (Å²) < 4.78 is 44.1. The van der Waals surface area contributed by atoms with Crippen LogP contribution in [-0.4, -0.2) is 11.3 Å². The summed E-state index contributed by atoms with van der Waals surface area (Å²) in [5.41, 5.74) is -1.15. The van der Waals surface area contributed by atoms with E-state index in [1.807, 2.05) is 13.8 Å². The number of rotatable bonds is 3. The molecule has 1 aliphatic rings. The Morgan fingerprint density at radius 2 is 2.12 bits per heavy atom. The van der Waals surface area contributed by atoms with Gasteiger partial charge in [0.25, 0.3) is 0 Å². The second-order valence-corrected chi connectivity index (χ2v) is 4.86. The van der Waals surface area contributed by atoms with Gasteiger partial charge in [-0.05, 0) is 19.3 Å². The van der Waals surface area contributed by atoms with Crippen molar-refractivity contribution in [2.24, 2.45) is 0 Å². The van der Waals surface area contributed by atoms with Crippen molar-refractivity contribution in [2.75, 3.05) is 0 Å². The van der Waals surface area contributed by atoms with Gasteiger partial charge < -0.3 is 4.52 Å². The molecule has 1 fully saturated rings. The lowest BCUT2D eigenvalue weighted by molar-refractivity contribution is -0.218. The maximum Gasteiger partial charge on any atom is 0.401 e. The molecule has 2 nitrogen and oxygen atoms in total. The average Bonchev–Trinajstić information content (AvgIpc) is 2.61. The highest BCUT2D eigenvalue weighted by molar-refractivity contribution is 5.24. The number of hydrogen-bond donors (Lipinski definition) is 0. The van der Waals surface area contributed by atoms with E-state index < -0.39 is 11.6 Å². The van der Waals surface area contributed by atoms with Crippen LogP contribution in [0.3, 0.4) is 0 Å². The van der Waals surface area contributed by atoms with Crippen molar-refractivity contribution in [1.29, 1.82) is 0 Å². The van der Waals surface area contributed by atoms with Crippen molar-refractivity contribution in [2.45, 2.75) is 57.0 Å². The molecular weight excluding hydrogens is 231 g/mol. The SMILES string of the molecule is CCC(C)c1cc(C2(C(F)(F)F)CCC2)on1. The van der Waals surface area contributed by atoms with Crippen LogP contribution in [0.15, 0.2) is 10.6 Å². The van der Waals surface area contributed by atoms with Gasteiger partial charge in [0.1, 0.15) is 5.41 Å². The van der Waals surface area contributed by atoms with E-state index in [9.17, 15) is 13.2 Å². The van der Waals surface area contributed by atoms with E-state index in [2.05, 4.69) is 5.16 Å². The summed E-state index contributed by atoms with van der Waals surface area (Å²) in [4.78, 5) is 0. The smallest absolute Gasteiger partial charge is 0.360 e. The zero-order valence-corrected chi connectivity index (χ0v) is 9.97. The standard InChI is InChI=1S/C12H16F3NO/c1-3-8(2)9-7-10(17-16-9)11(5-4-6-11)12(13,14)15/h7-8H,3-6H2,1-2H3. The number of alkyl halides is 3. The minimum Gasteiger partial charge on any atom is -0.360 e. The predicted molar refractivity (Wildman–Crippen MR) is 56.8 cm³/mol. The zero-order chi connectivity index (χ0) is 12.7. The van der Waals surface area contributed by atoms with Gasteiger partial charge in [-0.1, -0.05) is 25.4 Å². The van der Waals surface area contributed by atoms with Gasteiger partial charge in [0.05, 0.1) is 5.69 Å². The fourth-order valence-electron chi connectivity index (χ4n) is 2.16. The Bertz CT molecular complexity index is 393. The highest BCUT2D eigenvalue weighted by atomic mass is 19.4. The van der Waals surface area contributed by atoms with Crippen LogP contribution >= 0.6 is 0 Å². The lowest BCUT2D eigenvalue weighted by atomic mass is 9.66. The monoisotopic (exact) mass is 247 g/mol. The molecule has 1 aromatic rings. The minimum atomic E-state index is -4.24. The Hall–Kier alpha value is -1.00. The third-order valence-corrected chi connectivity index (χ3v) is 3.87. The Morgan fingerprint density at radius 3 is 2.53 bits per heavy atom. The van der Waals surface area contributed by atoms with E-state index in [1.54, 1.807) is 0 Å². The predicted octanol–water partition coefficient (Wildman–Crippen LogP) is 4.17. The summed E-state index contributed by atoms with van der Waals surface area (Å²) >= 11 is 0. The van der Waals surface area contributed by atoms with Crippen LogP contribution in [-0.2, 0) is 5.41 Å². The molecule has 0 N–H and O–H groups in total. The molecule has 1 saturated carbocycles. The third-order valence-electron chi connectivity index (χ3n) is 3.87. The second kappa shape index (κ2) is 4.03. The summed E-state index contributed by atoms with van der Waals surface area (Å²) in [6.45, 7) is 3.91. The molecule has 0 bridgehead atoms. The summed E-state index contributed by atoms with van der Waals surface area (Å²) in [5.74, 6) is 0.129. The van der Waals surface area contributed by atoms with Crippen molar-refractivity contribution in [3.05, 3.63) is 17.5 Å².